The maximum absolute atomic E-state index is 11.9. The molecule has 0 atom stereocenters. The Kier molecular flexibility index (Phi) is 3.47. The standard InChI is InChI=1S/C10H14N6OS/c1-12-10-14-8(11)7(18-10)9(17)13-5-6-3-4-16(2)15-6/h3-4H,5,11H2,1-2H3,(H,12,14)(H,13,17). The Hall–Kier alpha value is -2.09. The lowest BCUT2D eigenvalue weighted by molar-refractivity contribution is 0.0955. The highest BCUT2D eigenvalue weighted by molar-refractivity contribution is 7.18. The SMILES string of the molecule is CNc1nc(N)c(C(=O)NCc2ccn(C)n2)s1. The number of carbonyl (C=O) groups excluding carboxylic acids is 1. The van der Waals surface area contributed by atoms with E-state index in [4.69, 9.17) is 5.73 Å². The molecule has 2 aromatic rings. The van der Waals surface area contributed by atoms with Gasteiger partial charge in [0.05, 0.1) is 12.2 Å². The van der Waals surface area contributed by atoms with Crippen LogP contribution < -0.4 is 16.4 Å². The van der Waals surface area contributed by atoms with E-state index in [1.807, 2.05) is 19.3 Å². The number of nitrogens with two attached hydrogens (primary N) is 1. The number of thiazole rings is 1. The first-order valence-electron chi connectivity index (χ1n) is 5.31. The van der Waals surface area contributed by atoms with Crippen molar-refractivity contribution in [2.75, 3.05) is 18.1 Å². The summed E-state index contributed by atoms with van der Waals surface area (Å²) in [5, 5.41) is 10.4. The number of carbonyl (C=O) groups is 1. The molecule has 0 aliphatic carbocycles. The molecule has 2 heterocycles. The van der Waals surface area contributed by atoms with Crippen LogP contribution in [0.4, 0.5) is 10.9 Å². The van der Waals surface area contributed by atoms with Gasteiger partial charge in [-0.2, -0.15) is 5.10 Å². The van der Waals surface area contributed by atoms with Crippen LogP contribution in [0.2, 0.25) is 0 Å². The van der Waals surface area contributed by atoms with Crippen molar-refractivity contribution in [2.24, 2.45) is 7.05 Å². The van der Waals surface area contributed by atoms with Gasteiger partial charge in [-0.25, -0.2) is 4.98 Å². The molecule has 18 heavy (non-hydrogen) atoms. The fourth-order valence-corrected chi connectivity index (χ4v) is 2.16. The molecule has 96 valence electrons. The number of anilines is 2. The maximum atomic E-state index is 11.9. The maximum Gasteiger partial charge on any atom is 0.265 e. The van der Waals surface area contributed by atoms with E-state index in [2.05, 4.69) is 20.7 Å². The minimum absolute atomic E-state index is 0.239. The molecule has 0 unspecified atom stereocenters. The van der Waals surface area contributed by atoms with Crippen molar-refractivity contribution in [1.82, 2.24) is 20.1 Å². The van der Waals surface area contributed by atoms with Gasteiger partial charge in [-0.1, -0.05) is 11.3 Å². The van der Waals surface area contributed by atoms with Gasteiger partial charge in [0.2, 0.25) is 0 Å². The molecule has 0 radical (unpaired) electrons. The van der Waals surface area contributed by atoms with Gasteiger partial charge in [-0.15, -0.1) is 0 Å². The monoisotopic (exact) mass is 266 g/mol. The zero-order valence-electron chi connectivity index (χ0n) is 10.1. The Morgan fingerprint density at radius 1 is 1.61 bits per heavy atom. The second-order valence-electron chi connectivity index (χ2n) is 3.65. The number of amides is 1. The third kappa shape index (κ3) is 2.59. The molecule has 7 nitrogen and oxygen atoms in total. The molecule has 0 fully saturated rings. The predicted octanol–water partition coefficient (Wildman–Crippen LogP) is 0.430. The molecular formula is C10H14N6OS. The van der Waals surface area contributed by atoms with E-state index in [9.17, 15) is 4.79 Å². The first-order valence-corrected chi connectivity index (χ1v) is 6.12. The summed E-state index contributed by atoms with van der Waals surface area (Å²) < 4.78 is 1.68. The van der Waals surface area contributed by atoms with E-state index >= 15 is 0 Å². The van der Waals surface area contributed by atoms with Crippen LogP contribution in [-0.2, 0) is 13.6 Å². The van der Waals surface area contributed by atoms with Crippen LogP contribution in [0.25, 0.3) is 0 Å². The lowest BCUT2D eigenvalue weighted by Crippen LogP contribution is -2.23. The Labute approximate surface area is 108 Å². The van der Waals surface area contributed by atoms with Gasteiger partial charge < -0.3 is 16.4 Å². The van der Waals surface area contributed by atoms with Crippen molar-refractivity contribution in [3.05, 3.63) is 22.8 Å². The van der Waals surface area contributed by atoms with Gasteiger partial charge in [0.25, 0.3) is 5.91 Å². The van der Waals surface area contributed by atoms with E-state index < -0.39 is 0 Å². The lowest BCUT2D eigenvalue weighted by atomic mass is 10.4. The highest BCUT2D eigenvalue weighted by atomic mass is 32.1. The summed E-state index contributed by atoms with van der Waals surface area (Å²) in [5.74, 6) is 0.0000222. The number of nitrogens with zero attached hydrogens (tertiary/aromatic N) is 3. The van der Waals surface area contributed by atoms with Crippen LogP contribution >= 0.6 is 11.3 Å². The van der Waals surface area contributed by atoms with Crippen LogP contribution in [0.15, 0.2) is 12.3 Å². The van der Waals surface area contributed by atoms with Crippen LogP contribution in [-0.4, -0.2) is 27.7 Å². The molecule has 8 heteroatoms. The molecule has 2 rings (SSSR count). The average Bonchev–Trinajstić information content (AvgIpc) is 2.92. The van der Waals surface area contributed by atoms with E-state index in [0.29, 0.717) is 16.6 Å². The molecule has 0 saturated carbocycles. The van der Waals surface area contributed by atoms with Gasteiger partial charge in [0.1, 0.15) is 10.7 Å². The van der Waals surface area contributed by atoms with Crippen molar-refractivity contribution < 1.29 is 4.79 Å². The van der Waals surface area contributed by atoms with Crippen LogP contribution in [0.5, 0.6) is 0 Å². The summed E-state index contributed by atoms with van der Waals surface area (Å²) in [5.41, 5.74) is 6.46. The summed E-state index contributed by atoms with van der Waals surface area (Å²) in [7, 11) is 3.56. The summed E-state index contributed by atoms with van der Waals surface area (Å²) in [6.45, 7) is 0.367. The van der Waals surface area contributed by atoms with Crippen molar-refractivity contribution >= 4 is 28.2 Å². The highest BCUT2D eigenvalue weighted by Gasteiger charge is 2.15. The summed E-state index contributed by atoms with van der Waals surface area (Å²) in [6, 6.07) is 1.84. The quantitative estimate of drug-likeness (QED) is 0.745. The second kappa shape index (κ2) is 5.05. The number of nitrogen functional groups attached to an aromatic ring is 1. The van der Waals surface area contributed by atoms with E-state index in [1.165, 1.54) is 11.3 Å². The fourth-order valence-electron chi connectivity index (χ4n) is 1.41. The summed E-state index contributed by atoms with van der Waals surface area (Å²) in [6.07, 6.45) is 1.82. The van der Waals surface area contributed by atoms with Gasteiger partial charge in [0, 0.05) is 20.3 Å². The Morgan fingerprint density at radius 3 is 2.94 bits per heavy atom. The van der Waals surface area contributed by atoms with Crippen LogP contribution in [0.1, 0.15) is 15.4 Å². The minimum Gasteiger partial charge on any atom is -0.382 e. The number of hydrogen-bond acceptors (Lipinski definition) is 6. The van der Waals surface area contributed by atoms with E-state index in [0.717, 1.165) is 5.69 Å². The normalized spacial score (nSPS) is 10.3. The van der Waals surface area contributed by atoms with Gasteiger partial charge in [0.15, 0.2) is 5.13 Å². The molecular weight excluding hydrogens is 252 g/mol. The van der Waals surface area contributed by atoms with Crippen LogP contribution in [0.3, 0.4) is 0 Å². The predicted molar refractivity (Wildman–Crippen MR) is 70.5 cm³/mol. The molecule has 2 aromatic heterocycles. The Bertz CT molecular complexity index is 560. The van der Waals surface area contributed by atoms with Gasteiger partial charge in [-0.05, 0) is 6.07 Å². The van der Waals surface area contributed by atoms with Crippen molar-refractivity contribution in [2.45, 2.75) is 6.54 Å². The number of aromatic nitrogens is 3. The Morgan fingerprint density at radius 2 is 2.39 bits per heavy atom. The number of nitrogens with one attached hydrogen (secondary N) is 2. The molecule has 0 aromatic carbocycles. The number of rotatable bonds is 4. The third-order valence-electron chi connectivity index (χ3n) is 2.27. The average molecular weight is 266 g/mol. The molecule has 0 bridgehead atoms. The van der Waals surface area contributed by atoms with Gasteiger partial charge >= 0.3 is 0 Å². The highest BCUT2D eigenvalue weighted by Crippen LogP contribution is 2.24. The molecule has 0 aliphatic heterocycles. The van der Waals surface area contributed by atoms with E-state index in [1.54, 1.807) is 11.7 Å². The first kappa shape index (κ1) is 12.4. The van der Waals surface area contributed by atoms with Gasteiger partial charge in [-0.3, -0.25) is 9.48 Å². The van der Waals surface area contributed by atoms with E-state index in [-0.39, 0.29) is 11.7 Å². The topological polar surface area (TPSA) is 97.9 Å². The smallest absolute Gasteiger partial charge is 0.265 e. The Balaban J connectivity index is 2.01. The fraction of sp³-hybridized carbons (Fsp3) is 0.300. The molecule has 0 aliphatic rings. The second-order valence-corrected chi connectivity index (χ2v) is 4.65. The largest absolute Gasteiger partial charge is 0.382 e. The third-order valence-corrected chi connectivity index (χ3v) is 3.36. The molecule has 4 N–H and O–H groups in total. The molecule has 1 amide bonds. The minimum atomic E-state index is -0.239. The number of aryl methyl sites for hydroxylation is 1. The summed E-state index contributed by atoms with van der Waals surface area (Å²) >= 11 is 1.22. The van der Waals surface area contributed by atoms with Crippen molar-refractivity contribution in [3.63, 3.8) is 0 Å². The zero-order valence-corrected chi connectivity index (χ0v) is 10.9. The molecule has 0 saturated heterocycles. The zero-order chi connectivity index (χ0) is 13.1. The van der Waals surface area contributed by atoms with Crippen molar-refractivity contribution in [3.8, 4) is 0 Å². The number of hydrogen-bond donors (Lipinski definition) is 3. The summed E-state index contributed by atoms with van der Waals surface area (Å²) in [4.78, 5) is 16.3. The first-order chi connectivity index (χ1) is 8.60. The lowest BCUT2D eigenvalue weighted by Gasteiger charge is -2.00. The molecule has 0 spiro atoms. The van der Waals surface area contributed by atoms with Crippen molar-refractivity contribution in [1.29, 1.82) is 0 Å². The van der Waals surface area contributed by atoms with Crippen LogP contribution in [0, 0.1) is 0 Å².